The van der Waals surface area contributed by atoms with Crippen LogP contribution in [0.25, 0.3) is 0 Å². The fraction of sp³-hybridized carbons (Fsp3) is 0.667. The molecular weight excluding hydrogens is 392 g/mol. The average Bonchev–Trinajstić information content (AvgIpc) is 2.95. The summed E-state index contributed by atoms with van der Waals surface area (Å²) in [5, 5.41) is 1.37. The van der Waals surface area contributed by atoms with Gasteiger partial charge in [-0.2, -0.15) is 0 Å². The van der Waals surface area contributed by atoms with E-state index in [1.807, 2.05) is 6.08 Å². The maximum atomic E-state index is 6.78. The minimum absolute atomic E-state index is 0.0239. The second-order valence-electron chi connectivity index (χ2n) is 5.74. The smallest absolute Gasteiger partial charge is 0.109 e. The van der Waals surface area contributed by atoms with E-state index in [0.29, 0.717) is 0 Å². The van der Waals surface area contributed by atoms with Crippen molar-refractivity contribution in [3.63, 3.8) is 0 Å². The van der Waals surface area contributed by atoms with Crippen molar-refractivity contribution in [2.75, 3.05) is 0 Å². The van der Waals surface area contributed by atoms with Crippen molar-refractivity contribution in [3.8, 4) is 0 Å². The van der Waals surface area contributed by atoms with E-state index in [2.05, 4.69) is 0 Å². The monoisotopic (exact) mass is 396 g/mol. The van der Waals surface area contributed by atoms with E-state index in [-0.39, 0.29) is 33.7 Å². The molecule has 0 heterocycles. The van der Waals surface area contributed by atoms with E-state index in [4.69, 9.17) is 81.2 Å². The van der Waals surface area contributed by atoms with Crippen LogP contribution >= 0.6 is 81.2 Å². The predicted molar refractivity (Wildman–Crippen MR) is 82.9 cm³/mol. The molecule has 0 nitrogen and oxygen atoms in total. The van der Waals surface area contributed by atoms with Gasteiger partial charge in [0.2, 0.25) is 0 Å². The zero-order valence-electron chi connectivity index (χ0n) is 9.24. The van der Waals surface area contributed by atoms with Gasteiger partial charge in [0.25, 0.3) is 0 Å². The molecule has 4 bridgehead atoms. The fourth-order valence-electron chi connectivity index (χ4n) is 4.53. The Balaban J connectivity index is 2.01. The lowest BCUT2D eigenvalue weighted by atomic mass is 9.75. The highest BCUT2D eigenvalue weighted by Crippen LogP contribution is 2.82. The molecular formula is C12H7Cl7. The van der Waals surface area contributed by atoms with Crippen molar-refractivity contribution in [2.45, 2.75) is 20.5 Å². The SMILES string of the molecule is ClC1=C[C@H]2C[C@@H]1[C@@H]1[C@@H]2[C@]2(Cl)C(Cl)=C(Cl)[C@]1(Cl)C2(Cl)Cl. The van der Waals surface area contributed by atoms with E-state index in [9.17, 15) is 0 Å². The van der Waals surface area contributed by atoms with Crippen LogP contribution in [0.1, 0.15) is 6.42 Å². The number of alkyl halides is 4. The maximum Gasteiger partial charge on any atom is 0.166 e. The number of hydrogen-bond acceptors (Lipinski definition) is 0. The molecule has 0 amide bonds. The standard InChI is InChI=1S/C12H7Cl7/c13-5-2-3-1-4(5)7-6(3)10(16)8(14)9(15)11(7,17)12(10,18)19/h2-4,6-7H,1H2/t3-,4+,6-,7-,10+,11+/m1/s1. The first-order chi connectivity index (χ1) is 8.69. The van der Waals surface area contributed by atoms with Crippen LogP contribution in [-0.2, 0) is 0 Å². The topological polar surface area (TPSA) is 0 Å². The quantitative estimate of drug-likeness (QED) is 0.355. The number of hydrogen-bond donors (Lipinski definition) is 0. The van der Waals surface area contributed by atoms with Crippen molar-refractivity contribution in [1.29, 1.82) is 0 Å². The lowest BCUT2D eigenvalue weighted by Crippen LogP contribution is -2.46. The molecule has 0 unspecified atom stereocenters. The second kappa shape index (κ2) is 3.70. The van der Waals surface area contributed by atoms with Crippen molar-refractivity contribution >= 4 is 81.2 Å². The molecule has 6 atom stereocenters. The molecule has 0 N–H and O–H groups in total. The molecule has 0 aromatic rings. The fourth-order valence-corrected chi connectivity index (χ4v) is 8.04. The van der Waals surface area contributed by atoms with Gasteiger partial charge in [-0.1, -0.05) is 64.1 Å². The third-order valence-corrected chi connectivity index (χ3v) is 9.90. The van der Waals surface area contributed by atoms with Crippen LogP contribution in [0.2, 0.25) is 0 Å². The first kappa shape index (κ1) is 14.1. The van der Waals surface area contributed by atoms with Crippen LogP contribution < -0.4 is 0 Å². The van der Waals surface area contributed by atoms with Crippen molar-refractivity contribution in [1.82, 2.24) is 0 Å². The van der Waals surface area contributed by atoms with Gasteiger partial charge in [-0.15, -0.1) is 23.2 Å². The summed E-state index contributed by atoms with van der Waals surface area (Å²) in [7, 11) is 0. The van der Waals surface area contributed by atoms with Crippen LogP contribution in [0, 0.1) is 23.7 Å². The van der Waals surface area contributed by atoms with Crippen LogP contribution in [0.3, 0.4) is 0 Å². The number of halogens is 7. The summed E-state index contributed by atoms with van der Waals surface area (Å²) in [5.41, 5.74) is 0. The summed E-state index contributed by atoms with van der Waals surface area (Å²) < 4.78 is -1.43. The van der Waals surface area contributed by atoms with Gasteiger partial charge in [-0.3, -0.25) is 0 Å². The van der Waals surface area contributed by atoms with Crippen LogP contribution in [0.15, 0.2) is 21.2 Å². The number of fused-ring (bicyclic) bond motifs is 9. The van der Waals surface area contributed by atoms with Gasteiger partial charge in [0.05, 0.1) is 10.1 Å². The predicted octanol–water partition coefficient (Wildman–Crippen LogP) is 5.84. The van der Waals surface area contributed by atoms with Crippen LogP contribution in [0.5, 0.6) is 0 Å². The molecule has 0 aliphatic heterocycles. The Kier molecular flexibility index (Phi) is 2.75. The van der Waals surface area contributed by atoms with Crippen molar-refractivity contribution in [3.05, 3.63) is 21.2 Å². The molecule has 4 aliphatic carbocycles. The third-order valence-electron chi connectivity index (χ3n) is 5.20. The van der Waals surface area contributed by atoms with Crippen molar-refractivity contribution < 1.29 is 0 Å². The van der Waals surface area contributed by atoms with Crippen LogP contribution in [-0.4, -0.2) is 14.1 Å². The molecule has 0 aromatic heterocycles. The van der Waals surface area contributed by atoms with Crippen molar-refractivity contribution in [2.24, 2.45) is 23.7 Å². The Bertz CT molecular complexity index is 564. The van der Waals surface area contributed by atoms with Gasteiger partial charge in [-0.05, 0) is 24.2 Å². The molecule has 4 aliphatic rings. The van der Waals surface area contributed by atoms with Gasteiger partial charge < -0.3 is 0 Å². The van der Waals surface area contributed by atoms with Gasteiger partial charge in [0.1, 0.15) is 9.75 Å². The second-order valence-corrected chi connectivity index (χ2v) is 9.45. The first-order valence-electron chi connectivity index (χ1n) is 5.88. The molecule has 0 saturated heterocycles. The largest absolute Gasteiger partial charge is 0.166 e. The summed E-state index contributed by atoms with van der Waals surface area (Å²) in [4.78, 5) is -2.29. The highest BCUT2D eigenvalue weighted by Gasteiger charge is 2.85. The molecule has 2 fully saturated rings. The summed E-state index contributed by atoms with van der Waals surface area (Å²) in [5.74, 6) is 0.226. The minimum atomic E-state index is -1.43. The Morgan fingerprint density at radius 2 is 1.42 bits per heavy atom. The zero-order valence-corrected chi connectivity index (χ0v) is 14.5. The third kappa shape index (κ3) is 1.17. The minimum Gasteiger partial charge on any atom is -0.109 e. The van der Waals surface area contributed by atoms with E-state index in [0.717, 1.165) is 11.5 Å². The van der Waals surface area contributed by atoms with E-state index in [1.54, 1.807) is 0 Å². The average molecular weight is 399 g/mol. The van der Waals surface area contributed by atoms with Gasteiger partial charge >= 0.3 is 0 Å². The lowest BCUT2D eigenvalue weighted by molar-refractivity contribution is 0.302. The molecule has 104 valence electrons. The highest BCUT2D eigenvalue weighted by atomic mass is 35.5. The van der Waals surface area contributed by atoms with Gasteiger partial charge in [0.15, 0.2) is 4.33 Å². The van der Waals surface area contributed by atoms with Gasteiger partial charge in [-0.25, -0.2) is 0 Å². The Morgan fingerprint density at radius 1 is 0.895 bits per heavy atom. The van der Waals surface area contributed by atoms with Crippen LogP contribution in [0.4, 0.5) is 0 Å². The summed E-state index contributed by atoms with van der Waals surface area (Å²) >= 11 is 45.5. The number of rotatable bonds is 0. The summed E-state index contributed by atoms with van der Waals surface area (Å²) in [6.07, 6.45) is 2.94. The summed E-state index contributed by atoms with van der Waals surface area (Å²) in [6.45, 7) is 0. The molecule has 0 spiro atoms. The molecule has 4 rings (SSSR count). The normalized spacial score (nSPS) is 56.9. The zero-order chi connectivity index (χ0) is 14.0. The Hall–Kier alpha value is 1.51. The van der Waals surface area contributed by atoms with E-state index >= 15 is 0 Å². The molecule has 2 saturated carbocycles. The molecule has 0 radical (unpaired) electrons. The number of allylic oxidation sites excluding steroid dienone is 4. The molecule has 7 heteroatoms. The van der Waals surface area contributed by atoms with E-state index < -0.39 is 14.1 Å². The molecule has 19 heavy (non-hydrogen) atoms. The first-order valence-corrected chi connectivity index (χ1v) is 8.52. The maximum absolute atomic E-state index is 6.78. The highest BCUT2D eigenvalue weighted by molar-refractivity contribution is 6.65. The Morgan fingerprint density at radius 3 is 2.00 bits per heavy atom. The van der Waals surface area contributed by atoms with E-state index in [1.165, 1.54) is 0 Å². The summed E-state index contributed by atoms with van der Waals surface area (Å²) in [6, 6.07) is 0. The molecule has 0 aromatic carbocycles. The Labute approximate surface area is 145 Å². The van der Waals surface area contributed by atoms with Gasteiger partial charge in [0, 0.05) is 11.0 Å². The lowest BCUT2D eigenvalue weighted by Gasteiger charge is -2.38.